The topological polar surface area (TPSA) is 62.6 Å². The van der Waals surface area contributed by atoms with Gasteiger partial charge in [-0.2, -0.15) is 13.2 Å². The van der Waals surface area contributed by atoms with Crippen molar-refractivity contribution >= 4 is 11.7 Å². The van der Waals surface area contributed by atoms with Crippen LogP contribution in [0.1, 0.15) is 44.1 Å². The standard InChI is InChI=1S/C28H29F7N4O2/c29-22-14-19(9-12-21(22)27(30,31)32)39-13-3-4-18(16-39)37-23-5-1-2-6-24(23)38-26-36-15-25(40-26)17-7-10-20(11-8-17)41-28(33,34)35/h7-12,14-15,18,23-24,37H,1-6,13,16H2,(H,36,38)/t18-,23+,24+/m0/s1. The Balaban J connectivity index is 1.20. The first-order valence-electron chi connectivity index (χ1n) is 13.4. The summed E-state index contributed by atoms with van der Waals surface area (Å²) in [6.45, 7) is 1.16. The van der Waals surface area contributed by atoms with Gasteiger partial charge in [0, 0.05) is 42.5 Å². The zero-order valence-corrected chi connectivity index (χ0v) is 21.9. The summed E-state index contributed by atoms with van der Waals surface area (Å²) in [5.74, 6) is -1.23. The summed E-state index contributed by atoms with van der Waals surface area (Å²) >= 11 is 0. The molecule has 13 heteroatoms. The molecule has 0 spiro atoms. The number of piperidine rings is 1. The van der Waals surface area contributed by atoms with E-state index < -0.39 is 23.9 Å². The Morgan fingerprint density at radius 1 is 0.902 bits per heavy atom. The van der Waals surface area contributed by atoms with E-state index in [9.17, 15) is 30.7 Å². The average Bonchev–Trinajstić information content (AvgIpc) is 3.37. The predicted octanol–water partition coefficient (Wildman–Crippen LogP) is 7.38. The minimum absolute atomic E-state index is 0.00305. The van der Waals surface area contributed by atoms with Crippen LogP contribution in [0.4, 0.5) is 42.4 Å². The largest absolute Gasteiger partial charge is 0.573 e. The monoisotopic (exact) mass is 586 g/mol. The smallest absolute Gasteiger partial charge is 0.424 e. The highest BCUT2D eigenvalue weighted by atomic mass is 19.4. The first-order valence-corrected chi connectivity index (χ1v) is 13.4. The van der Waals surface area contributed by atoms with Crippen molar-refractivity contribution in [2.24, 2.45) is 0 Å². The lowest BCUT2D eigenvalue weighted by Crippen LogP contribution is -2.54. The molecule has 0 bridgehead atoms. The third-order valence-electron chi connectivity index (χ3n) is 7.45. The minimum atomic E-state index is -4.77. The second-order valence-electron chi connectivity index (χ2n) is 10.4. The van der Waals surface area contributed by atoms with Gasteiger partial charge >= 0.3 is 12.5 Å². The summed E-state index contributed by atoms with van der Waals surface area (Å²) in [4.78, 5) is 6.20. The molecule has 1 aromatic heterocycles. The maximum Gasteiger partial charge on any atom is 0.573 e. The van der Waals surface area contributed by atoms with E-state index in [0.29, 0.717) is 36.1 Å². The lowest BCUT2D eigenvalue weighted by Gasteiger charge is -2.40. The van der Waals surface area contributed by atoms with Crippen molar-refractivity contribution in [1.82, 2.24) is 10.3 Å². The Labute approximate surface area is 231 Å². The predicted molar refractivity (Wildman–Crippen MR) is 138 cm³/mol. The van der Waals surface area contributed by atoms with E-state index in [1.54, 1.807) is 0 Å². The molecule has 3 atom stereocenters. The average molecular weight is 587 g/mol. The molecule has 5 rings (SSSR count). The Kier molecular flexibility index (Phi) is 8.35. The summed E-state index contributed by atoms with van der Waals surface area (Å²) in [6, 6.07) is 8.78. The van der Waals surface area contributed by atoms with E-state index in [1.165, 1.54) is 36.5 Å². The molecule has 2 fully saturated rings. The van der Waals surface area contributed by atoms with Gasteiger partial charge in [0.15, 0.2) is 5.76 Å². The zero-order valence-electron chi connectivity index (χ0n) is 21.9. The fourth-order valence-corrected chi connectivity index (χ4v) is 5.54. The first kappa shape index (κ1) is 29.0. The second kappa shape index (κ2) is 11.8. The van der Waals surface area contributed by atoms with E-state index >= 15 is 0 Å². The molecular formula is C28H29F7N4O2. The molecule has 2 heterocycles. The van der Waals surface area contributed by atoms with Gasteiger partial charge in [0.05, 0.1) is 11.8 Å². The number of anilines is 2. The van der Waals surface area contributed by atoms with Gasteiger partial charge in [-0.3, -0.25) is 0 Å². The van der Waals surface area contributed by atoms with Crippen molar-refractivity contribution in [3.63, 3.8) is 0 Å². The van der Waals surface area contributed by atoms with Crippen molar-refractivity contribution < 1.29 is 39.9 Å². The van der Waals surface area contributed by atoms with Gasteiger partial charge in [-0.05, 0) is 68.1 Å². The molecule has 222 valence electrons. The van der Waals surface area contributed by atoms with Gasteiger partial charge in [0.25, 0.3) is 6.01 Å². The molecular weight excluding hydrogens is 557 g/mol. The highest BCUT2D eigenvalue weighted by Gasteiger charge is 2.35. The number of oxazole rings is 1. The normalized spacial score (nSPS) is 22.0. The van der Waals surface area contributed by atoms with Crippen LogP contribution < -0.4 is 20.3 Å². The molecule has 1 aliphatic carbocycles. The van der Waals surface area contributed by atoms with E-state index in [4.69, 9.17) is 4.42 Å². The van der Waals surface area contributed by atoms with E-state index in [-0.39, 0.29) is 23.9 Å². The van der Waals surface area contributed by atoms with Gasteiger partial charge in [-0.25, -0.2) is 9.37 Å². The number of rotatable bonds is 7. The van der Waals surface area contributed by atoms with Crippen LogP contribution in [0.2, 0.25) is 0 Å². The van der Waals surface area contributed by atoms with Crippen LogP contribution >= 0.6 is 0 Å². The maximum atomic E-state index is 14.2. The summed E-state index contributed by atoms with van der Waals surface area (Å²) in [5, 5.41) is 7.03. The Bertz CT molecular complexity index is 1310. The Hall–Kier alpha value is -3.48. The highest BCUT2D eigenvalue weighted by Crippen LogP contribution is 2.34. The molecule has 1 aliphatic heterocycles. The molecule has 2 N–H and O–H groups in total. The van der Waals surface area contributed by atoms with Crippen molar-refractivity contribution in [3.8, 4) is 17.1 Å². The molecule has 1 saturated carbocycles. The molecule has 0 unspecified atom stereocenters. The molecule has 2 aliphatic rings. The Morgan fingerprint density at radius 2 is 1.63 bits per heavy atom. The van der Waals surface area contributed by atoms with Crippen LogP contribution in [0.5, 0.6) is 5.75 Å². The number of alkyl halides is 6. The minimum Gasteiger partial charge on any atom is -0.424 e. The molecule has 0 amide bonds. The molecule has 0 radical (unpaired) electrons. The fraction of sp³-hybridized carbons (Fsp3) is 0.464. The third-order valence-corrected chi connectivity index (χ3v) is 7.45. The van der Waals surface area contributed by atoms with E-state index in [1.807, 2.05) is 4.90 Å². The van der Waals surface area contributed by atoms with Crippen LogP contribution in [0.3, 0.4) is 0 Å². The number of hydrogen-bond donors (Lipinski definition) is 2. The number of aromatic nitrogens is 1. The van der Waals surface area contributed by atoms with Crippen LogP contribution in [-0.2, 0) is 6.18 Å². The van der Waals surface area contributed by atoms with Crippen LogP contribution in [0.25, 0.3) is 11.3 Å². The molecule has 1 saturated heterocycles. The lowest BCUT2D eigenvalue weighted by atomic mass is 9.89. The van der Waals surface area contributed by atoms with Crippen LogP contribution in [0, 0.1) is 5.82 Å². The quantitative estimate of drug-likeness (QED) is 0.282. The molecule has 41 heavy (non-hydrogen) atoms. The van der Waals surface area contributed by atoms with Gasteiger partial charge in [0.2, 0.25) is 0 Å². The van der Waals surface area contributed by atoms with E-state index in [2.05, 4.69) is 20.4 Å². The number of halogens is 7. The SMILES string of the molecule is Fc1cc(N2CCC[C@H](N[C@@H]3CCCC[C@H]3Nc3ncc(-c4ccc(OC(F)(F)F)cc4)o3)C2)ccc1C(F)(F)F. The zero-order chi connectivity index (χ0) is 29.2. The summed E-state index contributed by atoms with van der Waals surface area (Å²) in [6.07, 6.45) is -2.54. The Morgan fingerprint density at radius 3 is 2.32 bits per heavy atom. The van der Waals surface area contributed by atoms with E-state index in [0.717, 1.165) is 50.7 Å². The van der Waals surface area contributed by atoms with Gasteiger partial charge in [-0.1, -0.05) is 12.8 Å². The summed E-state index contributed by atoms with van der Waals surface area (Å²) in [5.41, 5.74) is -0.308. The molecule has 2 aromatic carbocycles. The summed E-state index contributed by atoms with van der Waals surface area (Å²) < 4.78 is 100. The van der Waals surface area contributed by atoms with Gasteiger partial charge in [-0.15, -0.1) is 13.2 Å². The number of benzene rings is 2. The van der Waals surface area contributed by atoms with Crippen molar-refractivity contribution in [2.75, 3.05) is 23.3 Å². The first-order chi connectivity index (χ1) is 19.4. The third kappa shape index (κ3) is 7.43. The van der Waals surface area contributed by atoms with Crippen LogP contribution in [-0.4, -0.2) is 42.6 Å². The van der Waals surface area contributed by atoms with Gasteiger partial charge < -0.3 is 24.7 Å². The molecule has 6 nitrogen and oxygen atoms in total. The van der Waals surface area contributed by atoms with Crippen LogP contribution in [0.15, 0.2) is 53.1 Å². The van der Waals surface area contributed by atoms with Crippen molar-refractivity contribution in [1.29, 1.82) is 0 Å². The highest BCUT2D eigenvalue weighted by molar-refractivity contribution is 5.58. The van der Waals surface area contributed by atoms with Gasteiger partial charge in [0.1, 0.15) is 11.6 Å². The van der Waals surface area contributed by atoms with Crippen molar-refractivity contribution in [3.05, 3.63) is 60.0 Å². The van der Waals surface area contributed by atoms with Crippen molar-refractivity contribution in [2.45, 2.75) is 69.2 Å². The summed E-state index contributed by atoms with van der Waals surface area (Å²) in [7, 11) is 0. The lowest BCUT2D eigenvalue weighted by molar-refractivity contribution is -0.274. The number of ether oxygens (including phenoxy) is 1. The number of hydrogen-bond acceptors (Lipinski definition) is 6. The maximum absolute atomic E-state index is 14.2. The second-order valence-corrected chi connectivity index (χ2v) is 10.4. The fourth-order valence-electron chi connectivity index (χ4n) is 5.54. The number of nitrogens with one attached hydrogen (secondary N) is 2. The molecule has 3 aromatic rings. The number of nitrogens with zero attached hydrogens (tertiary/aromatic N) is 2.